The van der Waals surface area contributed by atoms with Gasteiger partial charge in [-0.2, -0.15) is 11.8 Å². The van der Waals surface area contributed by atoms with Crippen molar-refractivity contribution in [3.63, 3.8) is 0 Å². The molecule has 0 radical (unpaired) electrons. The molecular formula is C8H18OS. The Morgan fingerprint density at radius 2 is 2.20 bits per heavy atom. The first-order valence-corrected chi connectivity index (χ1v) is 5.08. The summed E-state index contributed by atoms with van der Waals surface area (Å²) in [6.45, 7) is 4.72. The summed E-state index contributed by atoms with van der Waals surface area (Å²) in [5.41, 5.74) is 0. The van der Waals surface area contributed by atoms with Crippen LogP contribution in [-0.4, -0.2) is 22.7 Å². The van der Waals surface area contributed by atoms with E-state index < -0.39 is 0 Å². The van der Waals surface area contributed by atoms with E-state index in [4.69, 9.17) is 5.11 Å². The smallest absolute Gasteiger partial charge is 0.0441 e. The molecule has 1 atom stereocenters. The molecule has 0 bridgehead atoms. The first-order chi connectivity index (χ1) is 4.81. The first kappa shape index (κ1) is 10.3. The zero-order valence-electron chi connectivity index (χ0n) is 6.97. The van der Waals surface area contributed by atoms with E-state index in [-0.39, 0.29) is 0 Å². The summed E-state index contributed by atoms with van der Waals surface area (Å²) >= 11 is 1.97. The Bertz CT molecular complexity index is 66.3. The lowest BCUT2D eigenvalue weighted by Gasteiger charge is -2.07. The van der Waals surface area contributed by atoms with E-state index in [1.807, 2.05) is 11.8 Å². The lowest BCUT2D eigenvalue weighted by atomic mass is 10.3. The number of thioether (sulfide) groups is 1. The molecule has 0 rings (SSSR count). The third kappa shape index (κ3) is 6.43. The Labute approximate surface area is 68.2 Å². The van der Waals surface area contributed by atoms with Gasteiger partial charge in [-0.05, 0) is 18.6 Å². The predicted molar refractivity (Wildman–Crippen MR) is 48.5 cm³/mol. The van der Waals surface area contributed by atoms with Crippen LogP contribution in [0.3, 0.4) is 0 Å². The lowest BCUT2D eigenvalue weighted by molar-refractivity contribution is 0.289. The molecule has 10 heavy (non-hydrogen) atoms. The summed E-state index contributed by atoms with van der Waals surface area (Å²) < 4.78 is 0. The zero-order chi connectivity index (χ0) is 7.82. The van der Waals surface area contributed by atoms with Gasteiger partial charge in [0.15, 0.2) is 0 Å². The number of aliphatic hydroxyl groups excluding tert-OH is 1. The minimum atomic E-state index is 0.334. The normalized spacial score (nSPS) is 13.5. The number of hydrogen-bond donors (Lipinski definition) is 1. The van der Waals surface area contributed by atoms with Crippen molar-refractivity contribution in [2.75, 3.05) is 12.4 Å². The highest BCUT2D eigenvalue weighted by atomic mass is 32.2. The van der Waals surface area contributed by atoms with Gasteiger partial charge in [0.05, 0.1) is 0 Å². The Kier molecular flexibility index (Phi) is 7.65. The second-order valence-electron chi connectivity index (χ2n) is 2.55. The Morgan fingerprint density at radius 1 is 1.50 bits per heavy atom. The number of unbranched alkanes of at least 4 members (excludes halogenated alkanes) is 1. The average Bonchev–Trinajstić information content (AvgIpc) is 1.89. The van der Waals surface area contributed by atoms with Gasteiger partial charge >= 0.3 is 0 Å². The summed E-state index contributed by atoms with van der Waals surface area (Å²) in [5, 5.41) is 9.22. The fraction of sp³-hybridized carbons (Fsp3) is 1.00. The molecule has 1 unspecified atom stereocenters. The maximum atomic E-state index is 8.58. The summed E-state index contributed by atoms with van der Waals surface area (Å²) in [6, 6.07) is 0. The first-order valence-electron chi connectivity index (χ1n) is 4.03. The quantitative estimate of drug-likeness (QED) is 0.605. The highest BCUT2D eigenvalue weighted by Crippen LogP contribution is 2.14. The predicted octanol–water partition coefficient (Wildman–Crippen LogP) is 2.29. The van der Waals surface area contributed by atoms with Gasteiger partial charge in [-0.25, -0.2) is 0 Å². The van der Waals surface area contributed by atoms with Gasteiger partial charge in [0.2, 0.25) is 0 Å². The number of hydrogen-bond acceptors (Lipinski definition) is 2. The topological polar surface area (TPSA) is 20.2 Å². The summed E-state index contributed by atoms with van der Waals surface area (Å²) in [5.74, 6) is 1.25. The Hall–Kier alpha value is 0.310. The van der Waals surface area contributed by atoms with E-state index >= 15 is 0 Å². The maximum absolute atomic E-state index is 8.58. The fourth-order valence-corrected chi connectivity index (χ4v) is 1.82. The molecule has 0 aromatic heterocycles. The van der Waals surface area contributed by atoms with Gasteiger partial charge in [0, 0.05) is 11.9 Å². The van der Waals surface area contributed by atoms with Crippen molar-refractivity contribution >= 4 is 11.8 Å². The van der Waals surface area contributed by atoms with E-state index in [9.17, 15) is 0 Å². The summed E-state index contributed by atoms with van der Waals surface area (Å²) in [6.07, 6.45) is 3.52. The van der Waals surface area contributed by atoms with Crippen LogP contribution in [0, 0.1) is 0 Å². The molecule has 2 heteroatoms. The van der Waals surface area contributed by atoms with E-state index in [1.165, 1.54) is 18.6 Å². The zero-order valence-corrected chi connectivity index (χ0v) is 7.78. The highest BCUT2D eigenvalue weighted by Gasteiger charge is 1.99. The lowest BCUT2D eigenvalue weighted by Crippen LogP contribution is -2.00. The van der Waals surface area contributed by atoms with Gasteiger partial charge in [-0.3, -0.25) is 0 Å². The van der Waals surface area contributed by atoms with Crippen LogP contribution in [0.1, 0.15) is 33.1 Å². The molecule has 0 aliphatic rings. The van der Waals surface area contributed by atoms with Crippen molar-refractivity contribution < 1.29 is 5.11 Å². The Morgan fingerprint density at radius 3 is 2.70 bits per heavy atom. The largest absolute Gasteiger partial charge is 0.396 e. The number of aliphatic hydroxyl groups is 1. The molecule has 0 aliphatic heterocycles. The second kappa shape index (κ2) is 7.42. The van der Waals surface area contributed by atoms with Gasteiger partial charge < -0.3 is 5.11 Å². The monoisotopic (exact) mass is 162 g/mol. The van der Waals surface area contributed by atoms with Crippen LogP contribution in [0.15, 0.2) is 0 Å². The van der Waals surface area contributed by atoms with Gasteiger partial charge in [-0.1, -0.05) is 20.3 Å². The van der Waals surface area contributed by atoms with Crippen LogP contribution in [0.25, 0.3) is 0 Å². The molecular weight excluding hydrogens is 144 g/mol. The molecule has 0 aromatic carbocycles. The standard InChI is InChI=1S/C8H18OS/c1-3-4-7-10-8(2)5-6-9/h8-9H,3-7H2,1-2H3. The molecule has 0 aromatic rings. The molecule has 0 amide bonds. The molecule has 0 spiro atoms. The van der Waals surface area contributed by atoms with E-state index in [0.29, 0.717) is 11.9 Å². The summed E-state index contributed by atoms with van der Waals surface area (Å²) in [4.78, 5) is 0. The van der Waals surface area contributed by atoms with Crippen molar-refractivity contribution in [3.05, 3.63) is 0 Å². The van der Waals surface area contributed by atoms with E-state index in [1.54, 1.807) is 0 Å². The van der Waals surface area contributed by atoms with Crippen LogP contribution in [-0.2, 0) is 0 Å². The third-order valence-corrected chi connectivity index (χ3v) is 2.77. The van der Waals surface area contributed by atoms with Crippen molar-refractivity contribution in [2.24, 2.45) is 0 Å². The Balaban J connectivity index is 2.97. The van der Waals surface area contributed by atoms with Crippen molar-refractivity contribution in [3.8, 4) is 0 Å². The number of rotatable bonds is 6. The van der Waals surface area contributed by atoms with Gasteiger partial charge in [0.25, 0.3) is 0 Å². The molecule has 0 heterocycles. The van der Waals surface area contributed by atoms with Crippen molar-refractivity contribution in [1.82, 2.24) is 0 Å². The van der Waals surface area contributed by atoms with Crippen molar-refractivity contribution in [2.45, 2.75) is 38.4 Å². The van der Waals surface area contributed by atoms with E-state index in [2.05, 4.69) is 13.8 Å². The van der Waals surface area contributed by atoms with Crippen LogP contribution >= 0.6 is 11.8 Å². The molecule has 0 saturated carbocycles. The maximum Gasteiger partial charge on any atom is 0.0441 e. The molecule has 0 saturated heterocycles. The van der Waals surface area contributed by atoms with Crippen LogP contribution < -0.4 is 0 Å². The van der Waals surface area contributed by atoms with Gasteiger partial charge in [0.1, 0.15) is 0 Å². The molecule has 1 N–H and O–H groups in total. The fourth-order valence-electron chi connectivity index (χ4n) is 0.694. The van der Waals surface area contributed by atoms with E-state index in [0.717, 1.165) is 6.42 Å². The minimum absolute atomic E-state index is 0.334. The van der Waals surface area contributed by atoms with Crippen molar-refractivity contribution in [1.29, 1.82) is 0 Å². The SMILES string of the molecule is CCCCSC(C)CCO. The minimum Gasteiger partial charge on any atom is -0.396 e. The molecule has 62 valence electrons. The van der Waals surface area contributed by atoms with Crippen LogP contribution in [0.5, 0.6) is 0 Å². The molecule has 0 fully saturated rings. The summed E-state index contributed by atoms with van der Waals surface area (Å²) in [7, 11) is 0. The van der Waals surface area contributed by atoms with Gasteiger partial charge in [-0.15, -0.1) is 0 Å². The molecule has 0 aliphatic carbocycles. The highest BCUT2D eigenvalue weighted by molar-refractivity contribution is 7.99. The second-order valence-corrected chi connectivity index (χ2v) is 4.09. The third-order valence-electron chi connectivity index (χ3n) is 1.44. The average molecular weight is 162 g/mol. The van der Waals surface area contributed by atoms with Crippen LogP contribution in [0.2, 0.25) is 0 Å². The molecule has 1 nitrogen and oxygen atoms in total. The van der Waals surface area contributed by atoms with Crippen LogP contribution in [0.4, 0.5) is 0 Å².